The molecule has 2 amide bonds. The van der Waals surface area contributed by atoms with Crippen LogP contribution >= 0.6 is 0 Å². The predicted molar refractivity (Wildman–Crippen MR) is 168 cm³/mol. The third kappa shape index (κ3) is 7.59. The smallest absolute Gasteiger partial charge is 0.264 e. The van der Waals surface area contributed by atoms with Gasteiger partial charge in [-0.1, -0.05) is 85.8 Å². The lowest BCUT2D eigenvalue weighted by Crippen LogP contribution is -2.54. The van der Waals surface area contributed by atoms with Crippen molar-refractivity contribution in [1.82, 2.24) is 10.2 Å². The van der Waals surface area contributed by atoms with E-state index < -0.39 is 28.5 Å². The Hall–Kier alpha value is -3.65. The monoisotopic (exact) mass is 589 g/mol. The second kappa shape index (κ2) is 14.0. The highest BCUT2D eigenvalue weighted by atomic mass is 32.2. The van der Waals surface area contributed by atoms with Crippen LogP contribution in [0.2, 0.25) is 0 Å². The number of carbonyl (C=O) groups excluding carboxylic acids is 2. The molecule has 8 heteroatoms. The van der Waals surface area contributed by atoms with Crippen molar-refractivity contribution in [3.05, 3.63) is 95.1 Å². The lowest BCUT2D eigenvalue weighted by atomic mass is 9.95. The fourth-order valence-electron chi connectivity index (χ4n) is 5.51. The number of sulfonamides is 1. The average Bonchev–Trinajstić information content (AvgIpc) is 2.98. The normalized spacial score (nSPS) is 14.7. The van der Waals surface area contributed by atoms with Gasteiger partial charge in [-0.25, -0.2) is 8.42 Å². The Morgan fingerprint density at radius 2 is 1.45 bits per heavy atom. The highest BCUT2D eigenvalue weighted by Gasteiger charge is 2.34. The van der Waals surface area contributed by atoms with Crippen molar-refractivity contribution < 1.29 is 18.0 Å². The molecule has 0 aliphatic heterocycles. The number of amides is 2. The predicted octanol–water partition coefficient (Wildman–Crippen LogP) is 6.06. The van der Waals surface area contributed by atoms with Gasteiger partial charge in [0.1, 0.15) is 12.6 Å². The van der Waals surface area contributed by atoms with Gasteiger partial charge in [-0.2, -0.15) is 0 Å². The lowest BCUT2D eigenvalue weighted by Gasteiger charge is -2.34. The third-order valence-corrected chi connectivity index (χ3v) is 9.94. The zero-order chi connectivity index (χ0) is 30.3. The number of aryl methyl sites for hydroxylation is 3. The molecule has 0 spiro atoms. The minimum absolute atomic E-state index is 0.0988. The molecule has 4 rings (SSSR count). The largest absolute Gasteiger partial charge is 0.352 e. The maximum Gasteiger partial charge on any atom is 0.264 e. The van der Waals surface area contributed by atoms with Gasteiger partial charge in [-0.05, 0) is 75.4 Å². The van der Waals surface area contributed by atoms with Crippen LogP contribution in [-0.2, 0) is 26.2 Å². The summed E-state index contributed by atoms with van der Waals surface area (Å²) in [4.78, 5) is 29.6. The van der Waals surface area contributed by atoms with E-state index in [2.05, 4.69) is 5.32 Å². The second-order valence-corrected chi connectivity index (χ2v) is 13.2. The number of hydrogen-bond donors (Lipinski definition) is 1. The number of nitrogens with zero attached hydrogens (tertiary/aromatic N) is 2. The zero-order valence-electron chi connectivity index (χ0n) is 25.2. The van der Waals surface area contributed by atoms with Gasteiger partial charge in [0.15, 0.2) is 0 Å². The summed E-state index contributed by atoms with van der Waals surface area (Å²) in [6.07, 6.45) is 5.61. The van der Waals surface area contributed by atoms with Crippen LogP contribution in [0, 0.1) is 20.8 Å². The molecular weight excluding hydrogens is 546 g/mol. The molecule has 0 unspecified atom stereocenters. The lowest BCUT2D eigenvalue weighted by molar-refractivity contribution is -0.140. The standard InChI is InChI=1S/C34H43N3O4S/c1-5-32(34(39)35-29-13-7-6-8-14-29)36(23-28-12-10-9-11-27(28)4)33(38)24-37(30-19-15-25(2)16-20-30)42(40,41)31-21-17-26(3)18-22-31/h9-12,15-22,29,32H,5-8,13-14,23-24H2,1-4H3,(H,35,39)/t32-/m1/s1. The summed E-state index contributed by atoms with van der Waals surface area (Å²) in [5, 5.41) is 3.19. The van der Waals surface area contributed by atoms with E-state index >= 15 is 0 Å². The zero-order valence-corrected chi connectivity index (χ0v) is 26.0. The number of benzene rings is 3. The molecule has 224 valence electrons. The number of rotatable bonds is 11. The van der Waals surface area contributed by atoms with E-state index in [9.17, 15) is 18.0 Å². The van der Waals surface area contributed by atoms with Crippen molar-refractivity contribution in [1.29, 1.82) is 0 Å². The highest BCUT2D eigenvalue weighted by Crippen LogP contribution is 2.26. The molecule has 0 bridgehead atoms. The Kier molecular flexibility index (Phi) is 10.4. The molecule has 1 saturated carbocycles. The minimum Gasteiger partial charge on any atom is -0.352 e. The average molecular weight is 590 g/mol. The van der Waals surface area contributed by atoms with Gasteiger partial charge in [0.2, 0.25) is 11.8 Å². The molecule has 1 fully saturated rings. The molecule has 0 radical (unpaired) electrons. The van der Waals surface area contributed by atoms with E-state index in [0.29, 0.717) is 12.1 Å². The summed E-state index contributed by atoms with van der Waals surface area (Å²) in [6, 6.07) is 20.8. The van der Waals surface area contributed by atoms with Crippen molar-refractivity contribution in [2.45, 2.75) is 89.7 Å². The topological polar surface area (TPSA) is 86.8 Å². The summed E-state index contributed by atoms with van der Waals surface area (Å²) in [6.45, 7) is 7.46. The molecule has 0 aromatic heterocycles. The van der Waals surface area contributed by atoms with Crippen LogP contribution in [0.3, 0.4) is 0 Å². The molecule has 3 aromatic carbocycles. The molecular formula is C34H43N3O4S. The van der Waals surface area contributed by atoms with E-state index in [1.165, 1.54) is 6.42 Å². The fraction of sp³-hybridized carbons (Fsp3) is 0.412. The van der Waals surface area contributed by atoms with Crippen LogP contribution in [-0.4, -0.2) is 43.8 Å². The molecule has 3 aromatic rings. The fourth-order valence-corrected chi connectivity index (χ4v) is 6.93. The van der Waals surface area contributed by atoms with Crippen molar-refractivity contribution in [2.75, 3.05) is 10.8 Å². The molecule has 7 nitrogen and oxygen atoms in total. The molecule has 1 aliphatic carbocycles. The maximum atomic E-state index is 14.3. The number of carbonyl (C=O) groups is 2. The first-order chi connectivity index (χ1) is 20.1. The van der Waals surface area contributed by atoms with E-state index in [0.717, 1.165) is 52.2 Å². The molecule has 1 aliphatic rings. The van der Waals surface area contributed by atoms with E-state index in [1.807, 2.05) is 64.1 Å². The summed E-state index contributed by atoms with van der Waals surface area (Å²) in [5.74, 6) is -0.616. The Labute approximate surface area is 251 Å². The number of anilines is 1. The molecule has 1 atom stereocenters. The van der Waals surface area contributed by atoms with Gasteiger partial charge in [0.25, 0.3) is 10.0 Å². The van der Waals surface area contributed by atoms with Crippen LogP contribution in [0.5, 0.6) is 0 Å². The minimum atomic E-state index is -4.08. The third-order valence-electron chi connectivity index (χ3n) is 8.15. The summed E-state index contributed by atoms with van der Waals surface area (Å²) >= 11 is 0. The summed E-state index contributed by atoms with van der Waals surface area (Å²) < 4.78 is 29.2. The number of nitrogens with one attached hydrogen (secondary N) is 1. The Morgan fingerprint density at radius 1 is 0.857 bits per heavy atom. The van der Waals surface area contributed by atoms with Gasteiger partial charge >= 0.3 is 0 Å². The highest BCUT2D eigenvalue weighted by molar-refractivity contribution is 7.92. The Bertz CT molecular complexity index is 1460. The molecule has 1 N–H and O–H groups in total. The first kappa shape index (κ1) is 31.3. The van der Waals surface area contributed by atoms with Crippen LogP contribution in [0.4, 0.5) is 5.69 Å². The first-order valence-electron chi connectivity index (χ1n) is 14.9. The number of hydrogen-bond acceptors (Lipinski definition) is 4. The van der Waals surface area contributed by atoms with Crippen molar-refractivity contribution in [3.63, 3.8) is 0 Å². The van der Waals surface area contributed by atoms with Gasteiger partial charge < -0.3 is 10.2 Å². The first-order valence-corrected chi connectivity index (χ1v) is 16.3. The van der Waals surface area contributed by atoms with Crippen molar-refractivity contribution in [2.24, 2.45) is 0 Å². The van der Waals surface area contributed by atoms with Gasteiger partial charge in [-0.15, -0.1) is 0 Å². The Balaban J connectivity index is 1.71. The maximum absolute atomic E-state index is 14.3. The van der Waals surface area contributed by atoms with Gasteiger partial charge in [-0.3, -0.25) is 13.9 Å². The summed E-state index contributed by atoms with van der Waals surface area (Å²) in [5.41, 5.74) is 4.22. The van der Waals surface area contributed by atoms with Crippen molar-refractivity contribution >= 4 is 27.5 Å². The molecule has 42 heavy (non-hydrogen) atoms. The van der Waals surface area contributed by atoms with Gasteiger partial charge in [0, 0.05) is 12.6 Å². The van der Waals surface area contributed by atoms with E-state index in [-0.39, 0.29) is 23.4 Å². The van der Waals surface area contributed by atoms with Crippen LogP contribution < -0.4 is 9.62 Å². The quantitative estimate of drug-likeness (QED) is 0.294. The van der Waals surface area contributed by atoms with Crippen LogP contribution in [0.25, 0.3) is 0 Å². The van der Waals surface area contributed by atoms with Crippen LogP contribution in [0.15, 0.2) is 77.7 Å². The van der Waals surface area contributed by atoms with Crippen LogP contribution in [0.1, 0.15) is 67.7 Å². The van der Waals surface area contributed by atoms with E-state index in [1.54, 1.807) is 41.3 Å². The molecule has 0 saturated heterocycles. The molecule has 0 heterocycles. The van der Waals surface area contributed by atoms with E-state index in [4.69, 9.17) is 0 Å². The van der Waals surface area contributed by atoms with Crippen molar-refractivity contribution in [3.8, 4) is 0 Å². The Morgan fingerprint density at radius 3 is 2.05 bits per heavy atom. The second-order valence-electron chi connectivity index (χ2n) is 11.4. The summed E-state index contributed by atoms with van der Waals surface area (Å²) in [7, 11) is -4.08. The SMILES string of the molecule is CC[C@H](C(=O)NC1CCCCC1)N(Cc1ccccc1C)C(=O)CN(c1ccc(C)cc1)S(=O)(=O)c1ccc(C)cc1. The van der Waals surface area contributed by atoms with Gasteiger partial charge in [0.05, 0.1) is 10.6 Å².